The summed E-state index contributed by atoms with van der Waals surface area (Å²) in [5, 5.41) is 28.3. The number of ether oxygens (including phenoxy) is 1. The second-order valence-electron chi connectivity index (χ2n) is 4.28. The molecule has 1 atom stereocenters. The number of aliphatic hydroxyl groups excluding tert-OH is 1. The van der Waals surface area contributed by atoms with Crippen LogP contribution in [0.25, 0.3) is 0 Å². The SMILES string of the molecule is Cc1nnc(COc2c([C@H](C)O)cc(Br)cc2[N+](=O)[O-])o1. The molecule has 21 heavy (non-hydrogen) atoms. The molecule has 9 heteroatoms. The topological polar surface area (TPSA) is 112 Å². The quantitative estimate of drug-likeness (QED) is 0.646. The molecule has 1 aromatic carbocycles. The number of aromatic nitrogens is 2. The zero-order chi connectivity index (χ0) is 15.6. The Balaban J connectivity index is 2.37. The van der Waals surface area contributed by atoms with Crippen molar-refractivity contribution in [3.8, 4) is 5.75 Å². The minimum atomic E-state index is -0.930. The third kappa shape index (κ3) is 3.56. The fraction of sp³-hybridized carbons (Fsp3) is 0.333. The highest BCUT2D eigenvalue weighted by Crippen LogP contribution is 2.38. The Morgan fingerprint density at radius 2 is 2.24 bits per heavy atom. The van der Waals surface area contributed by atoms with Crippen LogP contribution in [-0.2, 0) is 6.61 Å². The molecule has 0 fully saturated rings. The molecule has 2 aromatic rings. The monoisotopic (exact) mass is 357 g/mol. The lowest BCUT2D eigenvalue weighted by Crippen LogP contribution is -2.05. The number of nitrogens with zero attached hydrogens (tertiary/aromatic N) is 3. The van der Waals surface area contributed by atoms with Gasteiger partial charge in [-0.25, -0.2) is 0 Å². The van der Waals surface area contributed by atoms with Gasteiger partial charge in [-0.15, -0.1) is 10.2 Å². The van der Waals surface area contributed by atoms with E-state index in [4.69, 9.17) is 9.15 Å². The molecular formula is C12H12BrN3O5. The largest absolute Gasteiger partial charge is 0.476 e. The van der Waals surface area contributed by atoms with Crippen LogP contribution in [-0.4, -0.2) is 20.2 Å². The average Bonchev–Trinajstić information content (AvgIpc) is 2.81. The molecule has 0 unspecified atom stereocenters. The number of nitro benzene ring substituents is 1. The maximum Gasteiger partial charge on any atom is 0.312 e. The molecular weight excluding hydrogens is 346 g/mol. The standard InChI is InChI=1S/C12H12BrN3O5/c1-6(17)9-3-8(13)4-10(16(18)19)12(9)20-5-11-15-14-7(2)21-11/h3-4,6,17H,5H2,1-2H3/t6-/m0/s1. The van der Waals surface area contributed by atoms with E-state index in [1.807, 2.05) is 0 Å². The lowest BCUT2D eigenvalue weighted by atomic mass is 10.1. The van der Waals surface area contributed by atoms with E-state index in [9.17, 15) is 15.2 Å². The third-order valence-corrected chi connectivity index (χ3v) is 3.08. The first-order valence-corrected chi connectivity index (χ1v) is 6.75. The number of aryl methyl sites for hydroxylation is 1. The number of halogens is 1. The van der Waals surface area contributed by atoms with Gasteiger partial charge < -0.3 is 14.3 Å². The van der Waals surface area contributed by atoms with Crippen LogP contribution >= 0.6 is 15.9 Å². The summed E-state index contributed by atoms with van der Waals surface area (Å²) >= 11 is 3.17. The number of rotatable bonds is 5. The van der Waals surface area contributed by atoms with Gasteiger partial charge in [0.15, 0.2) is 6.61 Å². The van der Waals surface area contributed by atoms with E-state index in [1.165, 1.54) is 13.0 Å². The van der Waals surface area contributed by atoms with E-state index in [0.717, 1.165) is 0 Å². The van der Waals surface area contributed by atoms with E-state index in [2.05, 4.69) is 26.1 Å². The van der Waals surface area contributed by atoms with Gasteiger partial charge in [0.1, 0.15) is 0 Å². The molecule has 0 saturated carbocycles. The summed E-state index contributed by atoms with van der Waals surface area (Å²) in [6.07, 6.45) is -0.930. The van der Waals surface area contributed by atoms with Crippen molar-refractivity contribution in [3.05, 3.63) is 44.1 Å². The second kappa shape index (κ2) is 6.19. The molecule has 1 N–H and O–H groups in total. The summed E-state index contributed by atoms with van der Waals surface area (Å²) in [6, 6.07) is 2.87. The maximum atomic E-state index is 11.1. The minimum absolute atomic E-state index is 0.0194. The molecule has 0 aliphatic rings. The molecule has 1 heterocycles. The second-order valence-corrected chi connectivity index (χ2v) is 5.20. The average molecular weight is 358 g/mol. The third-order valence-electron chi connectivity index (χ3n) is 2.62. The van der Waals surface area contributed by atoms with Gasteiger partial charge >= 0.3 is 5.69 Å². The summed E-state index contributed by atoms with van der Waals surface area (Å²) in [4.78, 5) is 10.6. The Labute approximate surface area is 128 Å². The van der Waals surface area contributed by atoms with Gasteiger partial charge in [-0.1, -0.05) is 15.9 Å². The smallest absolute Gasteiger partial charge is 0.312 e. The van der Waals surface area contributed by atoms with Crippen LogP contribution < -0.4 is 4.74 Å². The van der Waals surface area contributed by atoms with Crippen LogP contribution in [0.4, 0.5) is 5.69 Å². The number of benzene rings is 1. The zero-order valence-corrected chi connectivity index (χ0v) is 12.8. The van der Waals surface area contributed by atoms with Crippen LogP contribution in [0.3, 0.4) is 0 Å². The fourth-order valence-electron chi connectivity index (χ4n) is 1.73. The molecule has 0 aliphatic carbocycles. The van der Waals surface area contributed by atoms with Crippen LogP contribution in [0.5, 0.6) is 5.75 Å². The summed E-state index contributed by atoms with van der Waals surface area (Å²) < 4.78 is 11.0. The van der Waals surface area contributed by atoms with E-state index < -0.39 is 11.0 Å². The molecule has 1 aromatic heterocycles. The van der Waals surface area contributed by atoms with Crippen molar-refractivity contribution >= 4 is 21.6 Å². The molecule has 0 radical (unpaired) electrons. The molecule has 0 amide bonds. The summed E-state index contributed by atoms with van der Waals surface area (Å²) in [6.45, 7) is 3.00. The van der Waals surface area contributed by atoms with Crippen molar-refractivity contribution in [2.45, 2.75) is 26.6 Å². The summed E-state index contributed by atoms with van der Waals surface area (Å²) in [5.74, 6) is 0.546. The first-order chi connectivity index (χ1) is 9.88. The van der Waals surface area contributed by atoms with E-state index >= 15 is 0 Å². The van der Waals surface area contributed by atoms with Crippen LogP contribution in [0, 0.1) is 17.0 Å². The molecule has 0 aliphatic heterocycles. The Morgan fingerprint density at radius 1 is 1.52 bits per heavy atom. The number of nitro groups is 1. The molecule has 112 valence electrons. The predicted molar refractivity (Wildman–Crippen MR) is 74.8 cm³/mol. The highest BCUT2D eigenvalue weighted by Gasteiger charge is 2.24. The van der Waals surface area contributed by atoms with E-state index in [-0.39, 0.29) is 23.9 Å². The molecule has 2 rings (SSSR count). The van der Waals surface area contributed by atoms with Gasteiger partial charge in [-0.2, -0.15) is 0 Å². The Bertz CT molecular complexity index is 671. The molecule has 0 saturated heterocycles. The first-order valence-electron chi connectivity index (χ1n) is 5.96. The van der Waals surface area contributed by atoms with Gasteiger partial charge in [0, 0.05) is 23.0 Å². The van der Waals surface area contributed by atoms with Gasteiger partial charge in [-0.3, -0.25) is 10.1 Å². The van der Waals surface area contributed by atoms with Crippen molar-refractivity contribution < 1.29 is 19.2 Å². The number of hydrogen-bond donors (Lipinski definition) is 1. The summed E-state index contributed by atoms with van der Waals surface area (Å²) in [7, 11) is 0. The van der Waals surface area contributed by atoms with Gasteiger partial charge in [0.2, 0.25) is 11.6 Å². The van der Waals surface area contributed by atoms with Crippen LogP contribution in [0.15, 0.2) is 21.0 Å². The van der Waals surface area contributed by atoms with Gasteiger partial charge in [0.05, 0.1) is 11.0 Å². The number of hydrogen-bond acceptors (Lipinski definition) is 7. The van der Waals surface area contributed by atoms with Crippen molar-refractivity contribution in [1.82, 2.24) is 10.2 Å². The minimum Gasteiger partial charge on any atom is -0.476 e. The first kappa shape index (κ1) is 15.4. The predicted octanol–water partition coefficient (Wildman–Crippen LogP) is 2.68. The van der Waals surface area contributed by atoms with Crippen LogP contribution in [0.1, 0.15) is 30.4 Å². The van der Waals surface area contributed by atoms with Gasteiger partial charge in [-0.05, 0) is 13.0 Å². The Hall–Kier alpha value is -2.00. The normalized spacial score (nSPS) is 12.2. The number of aliphatic hydroxyl groups is 1. The highest BCUT2D eigenvalue weighted by atomic mass is 79.9. The highest BCUT2D eigenvalue weighted by molar-refractivity contribution is 9.10. The zero-order valence-electron chi connectivity index (χ0n) is 11.2. The Morgan fingerprint density at radius 3 is 2.76 bits per heavy atom. The fourth-order valence-corrected chi connectivity index (χ4v) is 2.20. The van der Waals surface area contributed by atoms with Crippen molar-refractivity contribution in [1.29, 1.82) is 0 Å². The van der Waals surface area contributed by atoms with Crippen LogP contribution in [0.2, 0.25) is 0 Å². The summed E-state index contributed by atoms with van der Waals surface area (Å²) in [5.41, 5.74) is 0.0452. The van der Waals surface area contributed by atoms with E-state index in [1.54, 1.807) is 13.0 Å². The molecule has 0 spiro atoms. The lowest BCUT2D eigenvalue weighted by Gasteiger charge is -2.13. The van der Waals surface area contributed by atoms with E-state index in [0.29, 0.717) is 15.9 Å². The van der Waals surface area contributed by atoms with Crippen molar-refractivity contribution in [2.24, 2.45) is 0 Å². The lowest BCUT2D eigenvalue weighted by molar-refractivity contribution is -0.386. The van der Waals surface area contributed by atoms with Crippen molar-refractivity contribution in [2.75, 3.05) is 0 Å². The van der Waals surface area contributed by atoms with Gasteiger partial charge in [0.25, 0.3) is 5.89 Å². The van der Waals surface area contributed by atoms with Crippen molar-refractivity contribution in [3.63, 3.8) is 0 Å². The molecule has 0 bridgehead atoms. The Kier molecular flexibility index (Phi) is 4.53. The molecule has 8 nitrogen and oxygen atoms in total. The maximum absolute atomic E-state index is 11.1.